The summed E-state index contributed by atoms with van der Waals surface area (Å²) in [5, 5.41) is 0. The van der Waals surface area contributed by atoms with Crippen molar-refractivity contribution in [2.75, 3.05) is 70.1 Å². The maximum absolute atomic E-state index is 6.41. The van der Waals surface area contributed by atoms with E-state index in [9.17, 15) is 0 Å². The molecular formula is C20H40O10. The standard InChI is InChI=1S/C20H40O10/c1-12(23-4)15(16(25-6)13(24-5)10-21-2)30-20-19(28-9)18(27-8)17(26-7)14(29-20)11-22-3/h12-20H,10-11H2,1-9H3. The largest absolute Gasteiger partial charge is 0.382 e. The van der Waals surface area contributed by atoms with E-state index in [0.29, 0.717) is 13.2 Å². The molecule has 180 valence electrons. The normalized spacial score (nSPS) is 31.3. The molecule has 30 heavy (non-hydrogen) atoms. The van der Waals surface area contributed by atoms with E-state index in [0.717, 1.165) is 0 Å². The van der Waals surface area contributed by atoms with Gasteiger partial charge in [0.15, 0.2) is 6.29 Å². The highest BCUT2D eigenvalue weighted by molar-refractivity contribution is 4.94. The Morgan fingerprint density at radius 2 is 1.33 bits per heavy atom. The van der Waals surface area contributed by atoms with Crippen LogP contribution < -0.4 is 0 Å². The van der Waals surface area contributed by atoms with Crippen LogP contribution in [0.1, 0.15) is 6.92 Å². The van der Waals surface area contributed by atoms with Crippen LogP contribution in [0.5, 0.6) is 0 Å². The van der Waals surface area contributed by atoms with Gasteiger partial charge in [-0.2, -0.15) is 0 Å². The summed E-state index contributed by atoms with van der Waals surface area (Å²) in [6, 6.07) is 0. The smallest absolute Gasteiger partial charge is 0.187 e. The molecule has 0 aromatic heterocycles. The number of rotatable bonds is 15. The summed E-state index contributed by atoms with van der Waals surface area (Å²) < 4.78 is 57.1. The third kappa shape index (κ3) is 6.80. The van der Waals surface area contributed by atoms with Crippen LogP contribution in [0.25, 0.3) is 0 Å². The van der Waals surface area contributed by atoms with Crippen molar-refractivity contribution in [3.05, 3.63) is 0 Å². The summed E-state index contributed by atoms with van der Waals surface area (Å²) in [5.74, 6) is 0. The first-order valence-electron chi connectivity index (χ1n) is 9.93. The van der Waals surface area contributed by atoms with E-state index in [1.807, 2.05) is 6.92 Å². The molecular weight excluding hydrogens is 400 g/mol. The van der Waals surface area contributed by atoms with Gasteiger partial charge in [-0.05, 0) is 6.92 Å². The maximum atomic E-state index is 6.41. The van der Waals surface area contributed by atoms with Crippen LogP contribution in [-0.2, 0) is 47.4 Å². The molecule has 1 aliphatic heterocycles. The zero-order chi connectivity index (χ0) is 22.7. The van der Waals surface area contributed by atoms with Gasteiger partial charge in [0.1, 0.15) is 42.7 Å². The molecule has 1 rings (SSSR count). The van der Waals surface area contributed by atoms with Crippen molar-refractivity contribution in [2.24, 2.45) is 0 Å². The molecule has 0 amide bonds. The Morgan fingerprint density at radius 1 is 0.700 bits per heavy atom. The second-order valence-electron chi connectivity index (χ2n) is 7.07. The van der Waals surface area contributed by atoms with Crippen LogP contribution >= 0.6 is 0 Å². The van der Waals surface area contributed by atoms with E-state index in [4.69, 9.17) is 47.4 Å². The van der Waals surface area contributed by atoms with Crippen LogP contribution in [0.2, 0.25) is 0 Å². The zero-order valence-electron chi connectivity index (χ0n) is 19.7. The highest BCUT2D eigenvalue weighted by atomic mass is 16.7. The summed E-state index contributed by atoms with van der Waals surface area (Å²) in [6.45, 7) is 2.51. The molecule has 0 N–H and O–H groups in total. The lowest BCUT2D eigenvalue weighted by atomic mass is 9.97. The first-order valence-corrected chi connectivity index (χ1v) is 9.93. The molecule has 1 aliphatic rings. The lowest BCUT2D eigenvalue weighted by molar-refractivity contribution is -0.336. The van der Waals surface area contributed by atoms with Crippen molar-refractivity contribution >= 4 is 0 Å². The summed E-state index contributed by atoms with van der Waals surface area (Å²) in [7, 11) is 12.8. The molecule has 0 aliphatic carbocycles. The predicted molar refractivity (Wildman–Crippen MR) is 108 cm³/mol. The van der Waals surface area contributed by atoms with Crippen LogP contribution in [0.3, 0.4) is 0 Å². The molecule has 1 fully saturated rings. The number of hydrogen-bond acceptors (Lipinski definition) is 10. The molecule has 10 nitrogen and oxygen atoms in total. The third-order valence-corrected chi connectivity index (χ3v) is 5.46. The topological polar surface area (TPSA) is 92.3 Å². The fourth-order valence-electron chi connectivity index (χ4n) is 3.79. The van der Waals surface area contributed by atoms with Crippen LogP contribution in [-0.4, -0.2) is 125 Å². The summed E-state index contributed by atoms with van der Waals surface area (Å²) >= 11 is 0. The zero-order valence-corrected chi connectivity index (χ0v) is 19.7. The van der Waals surface area contributed by atoms with E-state index in [1.165, 1.54) is 0 Å². The molecule has 0 radical (unpaired) electrons. The second kappa shape index (κ2) is 14.6. The van der Waals surface area contributed by atoms with Crippen molar-refractivity contribution in [3.8, 4) is 0 Å². The second-order valence-corrected chi connectivity index (χ2v) is 7.07. The van der Waals surface area contributed by atoms with Crippen LogP contribution in [0.15, 0.2) is 0 Å². The minimum absolute atomic E-state index is 0.303. The fraction of sp³-hybridized carbons (Fsp3) is 1.00. The predicted octanol–water partition coefficient (Wildman–Crippen LogP) is 0.499. The first kappa shape index (κ1) is 27.6. The van der Waals surface area contributed by atoms with Crippen molar-refractivity contribution in [2.45, 2.75) is 62.0 Å². The Morgan fingerprint density at radius 3 is 1.77 bits per heavy atom. The van der Waals surface area contributed by atoms with Gasteiger partial charge in [0, 0.05) is 56.9 Å². The maximum Gasteiger partial charge on any atom is 0.187 e. The molecule has 0 saturated carbocycles. The fourth-order valence-corrected chi connectivity index (χ4v) is 3.79. The molecule has 1 heterocycles. The van der Waals surface area contributed by atoms with Crippen molar-refractivity contribution in [3.63, 3.8) is 0 Å². The quantitative estimate of drug-likeness (QED) is 0.358. The van der Waals surface area contributed by atoms with Gasteiger partial charge in [-0.25, -0.2) is 0 Å². The number of ether oxygens (including phenoxy) is 10. The molecule has 9 atom stereocenters. The molecule has 0 aromatic carbocycles. The van der Waals surface area contributed by atoms with Gasteiger partial charge in [-0.15, -0.1) is 0 Å². The van der Waals surface area contributed by atoms with E-state index in [2.05, 4.69) is 0 Å². The van der Waals surface area contributed by atoms with Crippen LogP contribution in [0.4, 0.5) is 0 Å². The van der Waals surface area contributed by atoms with Gasteiger partial charge >= 0.3 is 0 Å². The molecule has 0 aromatic rings. The Hall–Kier alpha value is -0.400. The van der Waals surface area contributed by atoms with Gasteiger partial charge in [-0.3, -0.25) is 0 Å². The summed E-state index contributed by atoms with van der Waals surface area (Å²) in [5.41, 5.74) is 0. The Kier molecular flexibility index (Phi) is 13.5. The lowest BCUT2D eigenvalue weighted by Gasteiger charge is -2.46. The van der Waals surface area contributed by atoms with Crippen molar-refractivity contribution < 1.29 is 47.4 Å². The SMILES string of the molecule is COCC(OC)C(OC)C(OC1OC(COC)C(OC)C(OC)C1OC)C(C)OC. The van der Waals surface area contributed by atoms with Gasteiger partial charge in [0.25, 0.3) is 0 Å². The van der Waals surface area contributed by atoms with Gasteiger partial charge in [0.05, 0.1) is 19.3 Å². The number of methoxy groups -OCH3 is 8. The monoisotopic (exact) mass is 440 g/mol. The Balaban J connectivity index is 3.20. The average Bonchev–Trinajstić information content (AvgIpc) is 2.76. The van der Waals surface area contributed by atoms with Crippen LogP contribution in [0, 0.1) is 0 Å². The molecule has 0 bridgehead atoms. The Labute approximate surface area is 180 Å². The number of hydrogen-bond donors (Lipinski definition) is 0. The van der Waals surface area contributed by atoms with Gasteiger partial charge < -0.3 is 47.4 Å². The highest BCUT2D eigenvalue weighted by Crippen LogP contribution is 2.30. The minimum Gasteiger partial charge on any atom is -0.382 e. The third-order valence-electron chi connectivity index (χ3n) is 5.46. The lowest BCUT2D eigenvalue weighted by Crippen LogP contribution is -2.63. The molecule has 9 unspecified atom stereocenters. The minimum atomic E-state index is -0.785. The first-order chi connectivity index (χ1) is 14.5. The average molecular weight is 441 g/mol. The highest BCUT2D eigenvalue weighted by Gasteiger charge is 2.49. The summed E-state index contributed by atoms with van der Waals surface area (Å²) in [6.07, 6.45) is -4.35. The van der Waals surface area contributed by atoms with E-state index >= 15 is 0 Å². The summed E-state index contributed by atoms with van der Waals surface area (Å²) in [4.78, 5) is 0. The van der Waals surface area contributed by atoms with Crippen molar-refractivity contribution in [1.82, 2.24) is 0 Å². The molecule has 1 saturated heterocycles. The van der Waals surface area contributed by atoms with E-state index < -0.39 is 42.9 Å². The van der Waals surface area contributed by atoms with Gasteiger partial charge in [0.2, 0.25) is 0 Å². The molecule has 10 heteroatoms. The van der Waals surface area contributed by atoms with E-state index in [-0.39, 0.29) is 12.2 Å². The van der Waals surface area contributed by atoms with E-state index in [1.54, 1.807) is 56.9 Å². The van der Waals surface area contributed by atoms with Crippen molar-refractivity contribution in [1.29, 1.82) is 0 Å². The van der Waals surface area contributed by atoms with Gasteiger partial charge in [-0.1, -0.05) is 0 Å². The molecule has 0 spiro atoms. The Bertz CT molecular complexity index is 440.